The van der Waals surface area contributed by atoms with Gasteiger partial charge in [0, 0.05) is 0 Å². The lowest BCUT2D eigenvalue weighted by Crippen LogP contribution is -2.41. The Morgan fingerprint density at radius 3 is 2.12 bits per heavy atom. The van der Waals surface area contributed by atoms with Crippen LogP contribution in [0.4, 0.5) is 5.69 Å². The van der Waals surface area contributed by atoms with E-state index in [1.54, 1.807) is 37.4 Å². The second kappa shape index (κ2) is 9.87. The quantitative estimate of drug-likeness (QED) is 0.550. The van der Waals surface area contributed by atoms with Crippen LogP contribution in [0.15, 0.2) is 77.7 Å². The topological polar surface area (TPSA) is 75.7 Å². The number of anilines is 1. The van der Waals surface area contributed by atoms with Gasteiger partial charge in [-0.15, -0.1) is 0 Å². The first kappa shape index (κ1) is 23.3. The smallest absolute Gasteiger partial charge is 0.264 e. The maximum atomic E-state index is 13.4. The van der Waals surface area contributed by atoms with E-state index in [1.807, 2.05) is 51.1 Å². The maximum absolute atomic E-state index is 13.4. The minimum atomic E-state index is -3.94. The molecule has 0 bridgehead atoms. The van der Waals surface area contributed by atoms with Crippen LogP contribution in [0.3, 0.4) is 0 Å². The number of nitrogens with one attached hydrogen (secondary N) is 1. The number of nitrogens with zero attached hydrogens (tertiary/aromatic N) is 1. The van der Waals surface area contributed by atoms with E-state index in [4.69, 9.17) is 4.74 Å². The van der Waals surface area contributed by atoms with Crippen molar-refractivity contribution >= 4 is 21.6 Å². The van der Waals surface area contributed by atoms with Crippen LogP contribution in [-0.4, -0.2) is 28.0 Å². The molecule has 0 aliphatic rings. The van der Waals surface area contributed by atoms with Crippen LogP contribution in [-0.2, 0) is 14.8 Å². The van der Waals surface area contributed by atoms with Crippen LogP contribution in [0.25, 0.3) is 0 Å². The van der Waals surface area contributed by atoms with E-state index in [0.717, 1.165) is 22.4 Å². The summed E-state index contributed by atoms with van der Waals surface area (Å²) in [5.74, 6) is 0.328. The molecule has 3 aromatic rings. The highest BCUT2D eigenvalue weighted by Gasteiger charge is 2.28. The highest BCUT2D eigenvalue weighted by atomic mass is 32.2. The van der Waals surface area contributed by atoms with Gasteiger partial charge in [-0.3, -0.25) is 9.10 Å². The van der Waals surface area contributed by atoms with Gasteiger partial charge in [-0.25, -0.2) is 8.42 Å². The molecule has 0 unspecified atom stereocenters. The number of hydrogen-bond acceptors (Lipinski definition) is 4. The van der Waals surface area contributed by atoms with E-state index in [2.05, 4.69) is 5.32 Å². The molecule has 0 fully saturated rings. The SMILES string of the molecule is COc1ccc([C@@H](C)NC(=O)CN(c2cc(C)cc(C)c2)S(=O)(=O)c2ccccc2)cc1. The van der Waals surface area contributed by atoms with Crippen molar-refractivity contribution in [3.8, 4) is 5.75 Å². The van der Waals surface area contributed by atoms with E-state index in [9.17, 15) is 13.2 Å². The maximum Gasteiger partial charge on any atom is 0.264 e. The van der Waals surface area contributed by atoms with Crippen molar-refractivity contribution in [2.75, 3.05) is 18.0 Å². The standard InChI is InChI=1S/C25H28N2O4S/c1-18-14-19(2)16-22(15-18)27(32(29,30)24-8-6-5-7-9-24)17-25(28)26-20(3)21-10-12-23(31-4)13-11-21/h5-16,20H,17H2,1-4H3,(H,26,28)/t20-/m1/s1. The van der Waals surface area contributed by atoms with Gasteiger partial charge in [0.2, 0.25) is 5.91 Å². The first-order chi connectivity index (χ1) is 15.2. The fraction of sp³-hybridized carbons (Fsp3) is 0.240. The number of amides is 1. The molecule has 7 heteroatoms. The fourth-order valence-electron chi connectivity index (χ4n) is 3.52. The molecule has 0 aromatic heterocycles. The Labute approximate surface area is 189 Å². The Balaban J connectivity index is 1.89. The molecule has 0 spiro atoms. The second-order valence-corrected chi connectivity index (χ2v) is 9.60. The van der Waals surface area contributed by atoms with Crippen LogP contribution >= 0.6 is 0 Å². The number of rotatable bonds is 8. The summed E-state index contributed by atoms with van der Waals surface area (Å²) in [6, 6.07) is 20.7. The van der Waals surface area contributed by atoms with Crippen molar-refractivity contribution in [3.05, 3.63) is 89.5 Å². The van der Waals surface area contributed by atoms with E-state index in [-0.39, 0.29) is 17.5 Å². The molecule has 0 heterocycles. The average Bonchev–Trinajstić information content (AvgIpc) is 2.77. The highest BCUT2D eigenvalue weighted by molar-refractivity contribution is 7.92. The van der Waals surface area contributed by atoms with Crippen LogP contribution in [0.2, 0.25) is 0 Å². The molecule has 0 radical (unpaired) electrons. The number of sulfonamides is 1. The third-order valence-corrected chi connectivity index (χ3v) is 6.89. The van der Waals surface area contributed by atoms with E-state index < -0.39 is 15.9 Å². The molecule has 168 valence electrons. The minimum Gasteiger partial charge on any atom is -0.497 e. The summed E-state index contributed by atoms with van der Waals surface area (Å²) in [7, 11) is -2.34. The number of aryl methyl sites for hydroxylation is 2. The van der Waals surface area contributed by atoms with E-state index in [0.29, 0.717) is 5.69 Å². The van der Waals surface area contributed by atoms with Crippen LogP contribution in [0.5, 0.6) is 5.75 Å². The van der Waals surface area contributed by atoms with Gasteiger partial charge in [0.1, 0.15) is 12.3 Å². The Morgan fingerprint density at radius 2 is 1.56 bits per heavy atom. The molecule has 3 aromatic carbocycles. The Hall–Kier alpha value is -3.32. The molecule has 3 rings (SSSR count). The van der Waals surface area contributed by atoms with Crippen LogP contribution in [0.1, 0.15) is 29.7 Å². The molecular formula is C25H28N2O4S. The first-order valence-electron chi connectivity index (χ1n) is 10.3. The average molecular weight is 453 g/mol. The summed E-state index contributed by atoms with van der Waals surface area (Å²) in [6.45, 7) is 5.32. The molecule has 0 aliphatic heterocycles. The highest BCUT2D eigenvalue weighted by Crippen LogP contribution is 2.26. The second-order valence-electron chi connectivity index (χ2n) is 7.73. The largest absolute Gasteiger partial charge is 0.497 e. The molecule has 0 aliphatic carbocycles. The van der Waals surface area contributed by atoms with Crippen molar-refractivity contribution in [1.29, 1.82) is 0 Å². The summed E-state index contributed by atoms with van der Waals surface area (Å²) in [4.78, 5) is 13.1. The van der Waals surface area contributed by atoms with Gasteiger partial charge in [0.15, 0.2) is 0 Å². The number of carbonyl (C=O) groups excluding carboxylic acids is 1. The molecule has 1 N–H and O–H groups in total. The summed E-state index contributed by atoms with van der Waals surface area (Å²) in [6.07, 6.45) is 0. The van der Waals surface area contributed by atoms with Crippen molar-refractivity contribution in [1.82, 2.24) is 5.32 Å². The van der Waals surface area contributed by atoms with Gasteiger partial charge >= 0.3 is 0 Å². The van der Waals surface area contributed by atoms with Gasteiger partial charge in [0.25, 0.3) is 10.0 Å². The van der Waals surface area contributed by atoms with Gasteiger partial charge < -0.3 is 10.1 Å². The number of benzene rings is 3. The minimum absolute atomic E-state index is 0.134. The molecule has 1 amide bonds. The predicted molar refractivity (Wildman–Crippen MR) is 126 cm³/mol. The van der Waals surface area contributed by atoms with Crippen molar-refractivity contribution in [2.45, 2.75) is 31.7 Å². The lowest BCUT2D eigenvalue weighted by Gasteiger charge is -2.26. The zero-order chi connectivity index (χ0) is 23.3. The monoisotopic (exact) mass is 452 g/mol. The summed E-state index contributed by atoms with van der Waals surface area (Å²) in [5.41, 5.74) is 3.18. The Kier molecular flexibility index (Phi) is 7.20. The number of hydrogen-bond donors (Lipinski definition) is 1. The molecular weight excluding hydrogens is 424 g/mol. The lowest BCUT2D eigenvalue weighted by atomic mass is 10.1. The first-order valence-corrected chi connectivity index (χ1v) is 11.7. The van der Waals surface area contributed by atoms with E-state index in [1.165, 1.54) is 16.4 Å². The van der Waals surface area contributed by atoms with Crippen molar-refractivity contribution in [3.63, 3.8) is 0 Å². The predicted octanol–water partition coefficient (Wildman–Crippen LogP) is 4.38. The zero-order valence-corrected chi connectivity index (χ0v) is 19.5. The fourth-order valence-corrected chi connectivity index (χ4v) is 4.95. The molecule has 0 saturated carbocycles. The number of carbonyl (C=O) groups is 1. The molecule has 0 saturated heterocycles. The van der Waals surface area contributed by atoms with Crippen molar-refractivity contribution in [2.24, 2.45) is 0 Å². The summed E-state index contributed by atoms with van der Waals surface area (Å²) in [5, 5.41) is 2.90. The molecule has 32 heavy (non-hydrogen) atoms. The Bertz CT molecular complexity index is 1160. The van der Waals surface area contributed by atoms with E-state index >= 15 is 0 Å². The zero-order valence-electron chi connectivity index (χ0n) is 18.7. The third kappa shape index (κ3) is 5.48. The van der Waals surface area contributed by atoms with Crippen molar-refractivity contribution < 1.29 is 17.9 Å². The van der Waals surface area contributed by atoms with Gasteiger partial charge in [-0.1, -0.05) is 36.4 Å². The van der Waals surface area contributed by atoms with Crippen LogP contribution < -0.4 is 14.4 Å². The lowest BCUT2D eigenvalue weighted by molar-refractivity contribution is -0.120. The summed E-state index contributed by atoms with van der Waals surface area (Å²) >= 11 is 0. The normalized spacial score (nSPS) is 12.1. The van der Waals surface area contributed by atoms with Gasteiger partial charge in [-0.2, -0.15) is 0 Å². The van der Waals surface area contributed by atoms with Crippen LogP contribution in [0, 0.1) is 13.8 Å². The molecule has 6 nitrogen and oxygen atoms in total. The summed E-state index contributed by atoms with van der Waals surface area (Å²) < 4.78 is 33.2. The number of methoxy groups -OCH3 is 1. The third-order valence-electron chi connectivity index (χ3n) is 5.11. The van der Waals surface area contributed by atoms with Gasteiger partial charge in [-0.05, 0) is 73.9 Å². The number of ether oxygens (including phenoxy) is 1. The van der Waals surface area contributed by atoms with Gasteiger partial charge in [0.05, 0.1) is 23.7 Å². The Morgan fingerprint density at radius 1 is 0.969 bits per heavy atom. The molecule has 1 atom stereocenters.